The summed E-state index contributed by atoms with van der Waals surface area (Å²) in [6, 6.07) is 5.42. The number of nitrogen functional groups attached to an aromatic ring is 1. The first-order valence-corrected chi connectivity index (χ1v) is 7.97. The molecule has 1 aliphatic heterocycles. The van der Waals surface area contributed by atoms with Crippen molar-refractivity contribution >= 4 is 27.5 Å². The Balaban J connectivity index is 2.01. The van der Waals surface area contributed by atoms with Gasteiger partial charge in [-0.2, -0.15) is 0 Å². The van der Waals surface area contributed by atoms with Gasteiger partial charge in [-0.3, -0.25) is 9.69 Å². The van der Waals surface area contributed by atoms with Gasteiger partial charge >= 0.3 is 0 Å². The second-order valence-electron chi connectivity index (χ2n) is 5.19. The third-order valence-corrected chi connectivity index (χ3v) is 4.63. The molecule has 0 radical (unpaired) electrons. The summed E-state index contributed by atoms with van der Waals surface area (Å²) >= 11 is 3.41. The molecule has 2 rings (SSSR count). The van der Waals surface area contributed by atoms with Crippen LogP contribution < -0.4 is 5.73 Å². The minimum Gasteiger partial charge on any atom is -0.398 e. The molecule has 1 saturated heterocycles. The van der Waals surface area contributed by atoms with E-state index in [9.17, 15) is 4.79 Å². The zero-order valence-corrected chi connectivity index (χ0v) is 13.9. The first-order valence-electron chi connectivity index (χ1n) is 7.18. The highest BCUT2D eigenvalue weighted by Gasteiger charge is 2.22. The van der Waals surface area contributed by atoms with Crippen LogP contribution in [0.25, 0.3) is 0 Å². The minimum absolute atomic E-state index is 0.0442. The Labute approximate surface area is 134 Å². The Kier molecular flexibility index (Phi) is 6.02. The van der Waals surface area contributed by atoms with Crippen molar-refractivity contribution in [1.82, 2.24) is 9.80 Å². The Morgan fingerprint density at radius 3 is 2.90 bits per heavy atom. The summed E-state index contributed by atoms with van der Waals surface area (Å²) in [5.74, 6) is 0.0442. The predicted molar refractivity (Wildman–Crippen MR) is 87.4 cm³/mol. The fraction of sp³-hybridized carbons (Fsp3) is 0.533. The number of methoxy groups -OCH3 is 1. The highest BCUT2D eigenvalue weighted by molar-refractivity contribution is 9.10. The van der Waals surface area contributed by atoms with Gasteiger partial charge in [0.15, 0.2) is 0 Å². The van der Waals surface area contributed by atoms with Crippen LogP contribution >= 0.6 is 15.9 Å². The lowest BCUT2D eigenvalue weighted by atomic mass is 10.1. The molecule has 116 valence electrons. The predicted octanol–water partition coefficient (Wildman–Crippen LogP) is 1.83. The maximum Gasteiger partial charge on any atom is 0.255 e. The topological polar surface area (TPSA) is 58.8 Å². The fourth-order valence-electron chi connectivity index (χ4n) is 2.50. The number of carbonyl (C=O) groups excluding carboxylic acids is 1. The van der Waals surface area contributed by atoms with Crippen LogP contribution in [0.3, 0.4) is 0 Å². The van der Waals surface area contributed by atoms with Gasteiger partial charge in [-0.05, 0) is 41.0 Å². The summed E-state index contributed by atoms with van der Waals surface area (Å²) in [4.78, 5) is 16.9. The van der Waals surface area contributed by atoms with E-state index in [1.807, 2.05) is 17.0 Å². The van der Waals surface area contributed by atoms with E-state index in [-0.39, 0.29) is 5.91 Å². The number of anilines is 1. The molecule has 0 unspecified atom stereocenters. The number of benzene rings is 1. The van der Waals surface area contributed by atoms with Crippen molar-refractivity contribution in [3.05, 3.63) is 28.2 Å². The number of amides is 1. The second-order valence-corrected chi connectivity index (χ2v) is 5.98. The molecule has 1 amide bonds. The summed E-state index contributed by atoms with van der Waals surface area (Å²) in [6.45, 7) is 5.06. The third-order valence-electron chi connectivity index (χ3n) is 3.75. The molecule has 0 bridgehead atoms. The van der Waals surface area contributed by atoms with Gasteiger partial charge in [-0.1, -0.05) is 6.07 Å². The number of halogens is 1. The van der Waals surface area contributed by atoms with Crippen molar-refractivity contribution in [2.75, 3.05) is 52.2 Å². The molecule has 1 aromatic rings. The molecule has 1 heterocycles. The summed E-state index contributed by atoms with van der Waals surface area (Å²) in [7, 11) is 1.71. The van der Waals surface area contributed by atoms with E-state index in [1.165, 1.54) is 0 Å². The molecular weight excluding hydrogens is 334 g/mol. The van der Waals surface area contributed by atoms with E-state index in [0.29, 0.717) is 15.7 Å². The van der Waals surface area contributed by atoms with Gasteiger partial charge in [0.05, 0.1) is 16.6 Å². The summed E-state index contributed by atoms with van der Waals surface area (Å²) < 4.78 is 5.81. The first kappa shape index (κ1) is 16.3. The van der Waals surface area contributed by atoms with E-state index in [1.54, 1.807) is 13.2 Å². The quantitative estimate of drug-likeness (QED) is 0.837. The Bertz CT molecular complexity index is 496. The minimum atomic E-state index is 0.0442. The average molecular weight is 356 g/mol. The van der Waals surface area contributed by atoms with Gasteiger partial charge in [-0.25, -0.2) is 0 Å². The lowest BCUT2D eigenvalue weighted by Crippen LogP contribution is -2.36. The SMILES string of the molecule is COCCN1CCCN(C(=O)c2cccc(N)c2Br)CC1. The van der Waals surface area contributed by atoms with Gasteiger partial charge in [0.2, 0.25) is 0 Å². The maximum absolute atomic E-state index is 12.6. The largest absolute Gasteiger partial charge is 0.398 e. The Morgan fingerprint density at radius 2 is 2.14 bits per heavy atom. The Morgan fingerprint density at radius 1 is 1.33 bits per heavy atom. The molecule has 0 aliphatic carbocycles. The van der Waals surface area contributed by atoms with E-state index in [2.05, 4.69) is 20.8 Å². The third kappa shape index (κ3) is 4.18. The van der Waals surface area contributed by atoms with Gasteiger partial charge < -0.3 is 15.4 Å². The molecule has 0 saturated carbocycles. The smallest absolute Gasteiger partial charge is 0.255 e. The summed E-state index contributed by atoms with van der Waals surface area (Å²) in [5.41, 5.74) is 7.09. The van der Waals surface area contributed by atoms with Crippen LogP contribution in [0.5, 0.6) is 0 Å². The molecule has 0 atom stereocenters. The molecule has 0 spiro atoms. The first-order chi connectivity index (χ1) is 10.1. The summed E-state index contributed by atoms with van der Waals surface area (Å²) in [6.07, 6.45) is 0.982. The van der Waals surface area contributed by atoms with Crippen LogP contribution in [0, 0.1) is 0 Å². The lowest BCUT2D eigenvalue weighted by molar-refractivity contribution is 0.0758. The van der Waals surface area contributed by atoms with E-state index in [4.69, 9.17) is 10.5 Å². The number of ether oxygens (including phenoxy) is 1. The van der Waals surface area contributed by atoms with Crippen LogP contribution in [-0.4, -0.2) is 62.1 Å². The number of nitrogens with zero attached hydrogens (tertiary/aromatic N) is 2. The molecular formula is C15H22BrN3O2. The van der Waals surface area contributed by atoms with Gasteiger partial charge in [0.25, 0.3) is 5.91 Å². The zero-order valence-electron chi connectivity index (χ0n) is 12.3. The molecule has 5 nitrogen and oxygen atoms in total. The van der Waals surface area contributed by atoms with Crippen molar-refractivity contribution < 1.29 is 9.53 Å². The van der Waals surface area contributed by atoms with Gasteiger partial charge in [-0.15, -0.1) is 0 Å². The molecule has 1 aliphatic rings. The highest BCUT2D eigenvalue weighted by atomic mass is 79.9. The van der Waals surface area contributed by atoms with Gasteiger partial charge in [0, 0.05) is 39.0 Å². The molecule has 6 heteroatoms. The standard InChI is InChI=1S/C15H22BrN3O2/c1-21-11-10-18-6-3-7-19(9-8-18)15(20)12-4-2-5-13(17)14(12)16/h2,4-5H,3,6-11,17H2,1H3. The normalized spacial score (nSPS) is 16.8. The lowest BCUT2D eigenvalue weighted by Gasteiger charge is -2.22. The van der Waals surface area contributed by atoms with Crippen molar-refractivity contribution in [2.45, 2.75) is 6.42 Å². The number of nitrogens with two attached hydrogens (primary N) is 1. The zero-order chi connectivity index (χ0) is 15.2. The van der Waals surface area contributed by atoms with Crippen molar-refractivity contribution in [3.63, 3.8) is 0 Å². The number of hydrogen-bond acceptors (Lipinski definition) is 4. The van der Waals surface area contributed by atoms with Crippen LogP contribution in [0.4, 0.5) is 5.69 Å². The molecule has 1 aromatic carbocycles. The molecule has 1 fully saturated rings. The summed E-state index contributed by atoms with van der Waals surface area (Å²) in [5, 5.41) is 0. The van der Waals surface area contributed by atoms with E-state index in [0.717, 1.165) is 45.8 Å². The molecule has 21 heavy (non-hydrogen) atoms. The fourth-order valence-corrected chi connectivity index (χ4v) is 2.94. The monoisotopic (exact) mass is 355 g/mol. The van der Waals surface area contributed by atoms with E-state index < -0.39 is 0 Å². The highest BCUT2D eigenvalue weighted by Crippen LogP contribution is 2.25. The average Bonchev–Trinajstić information content (AvgIpc) is 2.73. The van der Waals surface area contributed by atoms with Crippen LogP contribution in [0.15, 0.2) is 22.7 Å². The number of rotatable bonds is 4. The molecule has 0 aromatic heterocycles. The Hall–Kier alpha value is -1.11. The number of hydrogen-bond donors (Lipinski definition) is 1. The van der Waals surface area contributed by atoms with E-state index >= 15 is 0 Å². The van der Waals surface area contributed by atoms with Crippen molar-refractivity contribution in [3.8, 4) is 0 Å². The van der Waals surface area contributed by atoms with Gasteiger partial charge in [0.1, 0.15) is 0 Å². The number of carbonyl (C=O) groups is 1. The van der Waals surface area contributed by atoms with Crippen molar-refractivity contribution in [1.29, 1.82) is 0 Å². The van der Waals surface area contributed by atoms with Crippen LogP contribution in [0.2, 0.25) is 0 Å². The van der Waals surface area contributed by atoms with Crippen LogP contribution in [-0.2, 0) is 4.74 Å². The van der Waals surface area contributed by atoms with Crippen LogP contribution in [0.1, 0.15) is 16.8 Å². The molecule has 2 N–H and O–H groups in total. The maximum atomic E-state index is 12.6. The second kappa shape index (κ2) is 7.77. The van der Waals surface area contributed by atoms with Crippen molar-refractivity contribution in [2.24, 2.45) is 0 Å².